The van der Waals surface area contributed by atoms with Gasteiger partial charge in [0.15, 0.2) is 5.78 Å². The highest BCUT2D eigenvalue weighted by molar-refractivity contribution is 6.06. The number of nitrogens with zero attached hydrogens (tertiary/aromatic N) is 1. The van der Waals surface area contributed by atoms with E-state index in [4.69, 9.17) is 0 Å². The SMILES string of the molecule is Cc1cc(CCC(=O)c2ccc([C@@H](C)C3(C)CC(=O)NC3=O)cc2)cc(C)n1. The number of ketones is 1. The molecule has 0 spiro atoms. The Bertz CT molecular complexity index is 913. The number of pyridine rings is 1. The molecule has 5 nitrogen and oxygen atoms in total. The van der Waals surface area contributed by atoms with E-state index in [-0.39, 0.29) is 29.9 Å². The molecule has 1 unspecified atom stereocenters. The smallest absolute Gasteiger partial charge is 0.233 e. The summed E-state index contributed by atoms with van der Waals surface area (Å²) in [5.74, 6) is -0.488. The van der Waals surface area contributed by atoms with Crippen molar-refractivity contribution in [2.24, 2.45) is 5.41 Å². The summed E-state index contributed by atoms with van der Waals surface area (Å²) in [6.07, 6.45) is 1.31. The maximum Gasteiger partial charge on any atom is 0.233 e. The summed E-state index contributed by atoms with van der Waals surface area (Å²) in [4.78, 5) is 40.7. The summed E-state index contributed by atoms with van der Waals surface area (Å²) in [6, 6.07) is 11.4. The first-order valence-electron chi connectivity index (χ1n) is 9.60. The van der Waals surface area contributed by atoms with Crippen LogP contribution in [0.4, 0.5) is 0 Å². The summed E-state index contributed by atoms with van der Waals surface area (Å²) in [5.41, 5.74) is 3.90. The molecule has 0 radical (unpaired) electrons. The lowest BCUT2D eigenvalue weighted by Gasteiger charge is -2.28. The van der Waals surface area contributed by atoms with Crippen molar-refractivity contribution >= 4 is 17.6 Å². The molecule has 2 heterocycles. The number of aryl methyl sites for hydroxylation is 3. The number of imide groups is 1. The molecular formula is C23H26N2O3. The van der Waals surface area contributed by atoms with E-state index in [0.717, 1.165) is 22.5 Å². The van der Waals surface area contributed by atoms with Gasteiger partial charge in [0.05, 0.1) is 5.41 Å². The second kappa shape index (κ2) is 7.66. The van der Waals surface area contributed by atoms with Crippen molar-refractivity contribution < 1.29 is 14.4 Å². The van der Waals surface area contributed by atoms with Crippen molar-refractivity contribution in [1.82, 2.24) is 10.3 Å². The van der Waals surface area contributed by atoms with E-state index < -0.39 is 5.41 Å². The van der Waals surface area contributed by atoms with Gasteiger partial charge in [0, 0.05) is 29.8 Å². The normalized spacial score (nSPS) is 20.1. The fraction of sp³-hybridized carbons (Fsp3) is 0.391. The number of Topliss-reactive ketones (excluding diaryl/α,β-unsaturated/α-hetero) is 1. The summed E-state index contributed by atoms with van der Waals surface area (Å²) in [7, 11) is 0. The molecule has 5 heteroatoms. The van der Waals surface area contributed by atoms with E-state index in [1.807, 2.05) is 64.1 Å². The fourth-order valence-electron chi connectivity index (χ4n) is 3.87. The van der Waals surface area contributed by atoms with Crippen LogP contribution in [0.5, 0.6) is 0 Å². The van der Waals surface area contributed by atoms with Crippen molar-refractivity contribution in [3.8, 4) is 0 Å². The number of aromatic nitrogens is 1. The molecular weight excluding hydrogens is 352 g/mol. The van der Waals surface area contributed by atoms with Crippen molar-refractivity contribution in [2.75, 3.05) is 0 Å². The summed E-state index contributed by atoms with van der Waals surface area (Å²) in [5, 5.41) is 2.39. The first-order chi connectivity index (χ1) is 13.2. The molecule has 1 N–H and O–H groups in total. The van der Waals surface area contributed by atoms with Crippen LogP contribution in [0.2, 0.25) is 0 Å². The first kappa shape index (κ1) is 19.9. The number of carbonyl (C=O) groups excluding carboxylic acids is 3. The third kappa shape index (κ3) is 4.03. The van der Waals surface area contributed by atoms with Gasteiger partial charge in [-0.25, -0.2) is 0 Å². The lowest BCUT2D eigenvalue weighted by atomic mass is 9.73. The van der Waals surface area contributed by atoms with Crippen LogP contribution in [0.3, 0.4) is 0 Å². The van der Waals surface area contributed by atoms with Gasteiger partial charge in [-0.2, -0.15) is 0 Å². The molecule has 1 aliphatic heterocycles. The lowest BCUT2D eigenvalue weighted by molar-refractivity contribution is -0.128. The Kier molecular flexibility index (Phi) is 5.45. The lowest BCUT2D eigenvalue weighted by Crippen LogP contribution is -2.33. The molecule has 0 saturated carbocycles. The van der Waals surface area contributed by atoms with Gasteiger partial charge in [-0.1, -0.05) is 31.2 Å². The second-order valence-corrected chi connectivity index (χ2v) is 8.00. The third-order valence-corrected chi connectivity index (χ3v) is 5.77. The number of amides is 2. The van der Waals surface area contributed by atoms with Gasteiger partial charge in [-0.15, -0.1) is 0 Å². The maximum absolute atomic E-state index is 12.6. The van der Waals surface area contributed by atoms with Gasteiger partial charge >= 0.3 is 0 Å². The molecule has 1 aliphatic rings. The highest BCUT2D eigenvalue weighted by atomic mass is 16.2. The highest BCUT2D eigenvalue weighted by Crippen LogP contribution is 2.41. The van der Waals surface area contributed by atoms with Crippen LogP contribution in [0.15, 0.2) is 36.4 Å². The predicted molar refractivity (Wildman–Crippen MR) is 107 cm³/mol. The molecule has 3 rings (SSSR count). The zero-order chi connectivity index (χ0) is 20.5. The van der Waals surface area contributed by atoms with E-state index in [9.17, 15) is 14.4 Å². The topological polar surface area (TPSA) is 76.1 Å². The molecule has 2 atom stereocenters. The molecule has 28 heavy (non-hydrogen) atoms. The average Bonchev–Trinajstić information content (AvgIpc) is 2.91. The maximum atomic E-state index is 12.6. The van der Waals surface area contributed by atoms with E-state index in [0.29, 0.717) is 18.4 Å². The van der Waals surface area contributed by atoms with Crippen LogP contribution < -0.4 is 5.32 Å². The van der Waals surface area contributed by atoms with E-state index in [1.165, 1.54) is 0 Å². The number of benzene rings is 1. The van der Waals surface area contributed by atoms with Gasteiger partial charge in [0.1, 0.15) is 0 Å². The van der Waals surface area contributed by atoms with Crippen LogP contribution >= 0.6 is 0 Å². The Morgan fingerprint density at radius 2 is 1.75 bits per heavy atom. The van der Waals surface area contributed by atoms with Crippen LogP contribution in [-0.2, 0) is 16.0 Å². The molecule has 2 aromatic rings. The Hall–Kier alpha value is -2.82. The molecule has 1 aromatic heterocycles. The van der Waals surface area contributed by atoms with Gasteiger partial charge in [-0.05, 0) is 56.4 Å². The summed E-state index contributed by atoms with van der Waals surface area (Å²) < 4.78 is 0. The van der Waals surface area contributed by atoms with E-state index in [1.54, 1.807) is 0 Å². The number of hydrogen-bond acceptors (Lipinski definition) is 4. The first-order valence-corrected chi connectivity index (χ1v) is 9.60. The molecule has 1 fully saturated rings. The zero-order valence-corrected chi connectivity index (χ0v) is 16.8. The Morgan fingerprint density at radius 1 is 1.14 bits per heavy atom. The van der Waals surface area contributed by atoms with E-state index in [2.05, 4.69) is 10.3 Å². The molecule has 1 saturated heterocycles. The molecule has 0 aliphatic carbocycles. The van der Waals surface area contributed by atoms with Crippen LogP contribution in [0, 0.1) is 19.3 Å². The minimum Gasteiger partial charge on any atom is -0.296 e. The molecule has 1 aromatic carbocycles. The van der Waals surface area contributed by atoms with Crippen molar-refractivity contribution in [2.45, 2.75) is 52.9 Å². The van der Waals surface area contributed by atoms with Crippen molar-refractivity contribution in [3.63, 3.8) is 0 Å². The largest absolute Gasteiger partial charge is 0.296 e. The number of nitrogens with one attached hydrogen (secondary N) is 1. The molecule has 2 amide bonds. The Morgan fingerprint density at radius 3 is 2.29 bits per heavy atom. The monoisotopic (exact) mass is 378 g/mol. The van der Waals surface area contributed by atoms with E-state index >= 15 is 0 Å². The Balaban J connectivity index is 1.67. The van der Waals surface area contributed by atoms with Crippen LogP contribution in [0.25, 0.3) is 0 Å². The van der Waals surface area contributed by atoms with Gasteiger partial charge in [0.2, 0.25) is 11.8 Å². The average molecular weight is 378 g/mol. The Labute approximate surface area is 165 Å². The van der Waals surface area contributed by atoms with Crippen LogP contribution in [-0.4, -0.2) is 22.6 Å². The highest BCUT2D eigenvalue weighted by Gasteiger charge is 2.46. The van der Waals surface area contributed by atoms with Crippen molar-refractivity contribution in [3.05, 3.63) is 64.5 Å². The number of carbonyl (C=O) groups is 3. The minimum atomic E-state index is -0.750. The van der Waals surface area contributed by atoms with Crippen molar-refractivity contribution in [1.29, 1.82) is 0 Å². The second-order valence-electron chi connectivity index (χ2n) is 8.00. The quantitative estimate of drug-likeness (QED) is 0.615. The summed E-state index contributed by atoms with van der Waals surface area (Å²) in [6.45, 7) is 7.67. The van der Waals surface area contributed by atoms with Gasteiger partial charge in [0.25, 0.3) is 0 Å². The number of hydrogen-bond donors (Lipinski definition) is 1. The minimum absolute atomic E-state index is 0.0892. The molecule has 146 valence electrons. The summed E-state index contributed by atoms with van der Waals surface area (Å²) >= 11 is 0. The van der Waals surface area contributed by atoms with Gasteiger partial charge < -0.3 is 0 Å². The number of rotatable bonds is 6. The fourth-order valence-corrected chi connectivity index (χ4v) is 3.87. The molecule has 0 bridgehead atoms. The van der Waals surface area contributed by atoms with Gasteiger partial charge in [-0.3, -0.25) is 24.7 Å². The standard InChI is InChI=1S/C23H26N2O3/c1-14-11-17(12-15(2)24-14)5-10-20(26)19-8-6-18(7-9-19)16(3)23(4)13-21(27)25-22(23)28/h6-9,11-12,16H,5,10,13H2,1-4H3,(H,25,27,28)/t16-,23?/m1/s1. The third-order valence-electron chi connectivity index (χ3n) is 5.77. The van der Waals surface area contributed by atoms with Crippen LogP contribution in [0.1, 0.15) is 65.5 Å². The predicted octanol–water partition coefficient (Wildman–Crippen LogP) is 3.67. The zero-order valence-electron chi connectivity index (χ0n) is 16.8.